The van der Waals surface area contributed by atoms with Gasteiger partial charge in [-0.3, -0.25) is 9.59 Å². The monoisotopic (exact) mass is 367 g/mol. The molecule has 2 amide bonds. The number of benzene rings is 2. The van der Waals surface area contributed by atoms with Gasteiger partial charge < -0.3 is 15.1 Å². The van der Waals surface area contributed by atoms with Gasteiger partial charge in [0.1, 0.15) is 11.5 Å². The molecule has 5 nitrogen and oxygen atoms in total. The van der Waals surface area contributed by atoms with Gasteiger partial charge in [-0.2, -0.15) is 0 Å². The molecular formula is C21H22FN3O2. The van der Waals surface area contributed by atoms with Gasteiger partial charge in [0.05, 0.1) is 11.3 Å². The van der Waals surface area contributed by atoms with E-state index in [1.165, 1.54) is 12.1 Å². The van der Waals surface area contributed by atoms with E-state index in [-0.39, 0.29) is 11.8 Å². The lowest BCUT2D eigenvalue weighted by molar-refractivity contribution is 0.0608. The lowest BCUT2D eigenvalue weighted by Gasteiger charge is -2.51. The van der Waals surface area contributed by atoms with Crippen molar-refractivity contribution in [1.29, 1.82) is 0 Å². The molecule has 1 N–H and O–H groups in total. The number of aryl methyl sites for hydroxylation is 1. The fraction of sp³-hybridized carbons (Fsp3) is 0.333. The average Bonchev–Trinajstić information content (AvgIpc) is 2.66. The minimum absolute atomic E-state index is 0.0725. The summed E-state index contributed by atoms with van der Waals surface area (Å²) >= 11 is 0. The average molecular weight is 367 g/mol. The van der Waals surface area contributed by atoms with Crippen LogP contribution in [-0.4, -0.2) is 42.5 Å². The third kappa shape index (κ3) is 2.95. The maximum absolute atomic E-state index is 13.4. The van der Waals surface area contributed by atoms with Gasteiger partial charge in [0.15, 0.2) is 0 Å². The van der Waals surface area contributed by atoms with Gasteiger partial charge in [-0.05, 0) is 37.3 Å². The fourth-order valence-electron chi connectivity index (χ4n) is 4.06. The van der Waals surface area contributed by atoms with Crippen molar-refractivity contribution < 1.29 is 14.0 Å². The van der Waals surface area contributed by atoms with Crippen molar-refractivity contribution in [2.45, 2.75) is 25.4 Å². The molecule has 0 saturated carbocycles. The van der Waals surface area contributed by atoms with Gasteiger partial charge in [-0.25, -0.2) is 4.39 Å². The number of likely N-dealkylation sites (tertiary alicyclic amines) is 1. The fourth-order valence-corrected chi connectivity index (χ4v) is 4.06. The van der Waals surface area contributed by atoms with E-state index in [4.69, 9.17) is 0 Å². The van der Waals surface area contributed by atoms with Crippen LogP contribution in [0.2, 0.25) is 0 Å². The number of carbonyl (C=O) groups excluding carboxylic acids is 2. The molecule has 6 heteroatoms. The summed E-state index contributed by atoms with van der Waals surface area (Å²) in [6, 6.07) is 11.6. The van der Waals surface area contributed by atoms with Crippen LogP contribution in [0.15, 0.2) is 42.5 Å². The van der Waals surface area contributed by atoms with Crippen LogP contribution >= 0.6 is 0 Å². The van der Waals surface area contributed by atoms with E-state index in [2.05, 4.69) is 10.2 Å². The number of nitrogens with zero attached hydrogens (tertiary/aromatic N) is 2. The third-order valence-corrected chi connectivity index (χ3v) is 5.70. The molecule has 2 aliphatic rings. The van der Waals surface area contributed by atoms with Crippen molar-refractivity contribution in [2.24, 2.45) is 0 Å². The minimum atomic E-state index is -0.502. The first-order chi connectivity index (χ1) is 12.9. The molecule has 1 saturated heterocycles. The van der Waals surface area contributed by atoms with Gasteiger partial charge >= 0.3 is 0 Å². The molecule has 0 bridgehead atoms. The van der Waals surface area contributed by atoms with Crippen LogP contribution in [0, 0.1) is 12.7 Å². The highest BCUT2D eigenvalue weighted by molar-refractivity contribution is 6.02. The van der Waals surface area contributed by atoms with Crippen molar-refractivity contribution in [2.75, 3.05) is 25.0 Å². The van der Waals surface area contributed by atoms with Crippen molar-refractivity contribution in [3.63, 3.8) is 0 Å². The first kappa shape index (κ1) is 17.5. The molecule has 0 atom stereocenters. The SMILES string of the molecule is Cc1ccc2c(c1)C(=O)NC1(CCN(C(=O)c3cccc(F)c3)CC1)N2C. The van der Waals surface area contributed by atoms with Crippen LogP contribution < -0.4 is 10.2 Å². The van der Waals surface area contributed by atoms with Crippen LogP contribution in [0.1, 0.15) is 39.1 Å². The van der Waals surface area contributed by atoms with Crippen LogP contribution in [-0.2, 0) is 0 Å². The maximum Gasteiger partial charge on any atom is 0.255 e. The Bertz CT molecular complexity index is 919. The predicted octanol–water partition coefficient (Wildman–Crippen LogP) is 2.95. The summed E-state index contributed by atoms with van der Waals surface area (Å²) in [5.41, 5.74) is 2.49. The Kier molecular flexibility index (Phi) is 4.13. The molecule has 27 heavy (non-hydrogen) atoms. The van der Waals surface area contributed by atoms with Gasteiger partial charge in [0, 0.05) is 38.5 Å². The van der Waals surface area contributed by atoms with Crippen LogP contribution in [0.3, 0.4) is 0 Å². The van der Waals surface area contributed by atoms with E-state index in [0.29, 0.717) is 37.1 Å². The molecule has 0 unspecified atom stereocenters. The Morgan fingerprint density at radius 1 is 1.15 bits per heavy atom. The highest BCUT2D eigenvalue weighted by Gasteiger charge is 2.44. The highest BCUT2D eigenvalue weighted by atomic mass is 19.1. The summed E-state index contributed by atoms with van der Waals surface area (Å²) in [5, 5.41) is 3.16. The number of piperidine rings is 1. The number of halogens is 1. The second kappa shape index (κ2) is 6.37. The molecular weight excluding hydrogens is 345 g/mol. The molecule has 2 aromatic carbocycles. The summed E-state index contributed by atoms with van der Waals surface area (Å²) in [7, 11) is 1.98. The Balaban J connectivity index is 1.54. The standard InChI is InChI=1S/C21H22FN3O2/c1-14-6-7-18-17(12-14)19(26)23-21(24(18)2)8-10-25(11-9-21)20(27)15-4-3-5-16(22)13-15/h3-7,12-13H,8-11H2,1-2H3,(H,23,26). The molecule has 1 spiro atoms. The number of hydrogen-bond acceptors (Lipinski definition) is 3. The summed E-state index contributed by atoms with van der Waals surface area (Å²) in [5.74, 6) is -0.664. The number of anilines is 1. The van der Waals surface area contributed by atoms with Crippen molar-refractivity contribution in [3.05, 3.63) is 65.0 Å². The van der Waals surface area contributed by atoms with Crippen molar-refractivity contribution in [3.8, 4) is 0 Å². The normalized spacial score (nSPS) is 18.3. The van der Waals surface area contributed by atoms with Crippen LogP contribution in [0.5, 0.6) is 0 Å². The summed E-state index contributed by atoms with van der Waals surface area (Å²) in [4.78, 5) is 29.2. The van der Waals surface area contributed by atoms with Gasteiger partial charge in [-0.15, -0.1) is 0 Å². The van der Waals surface area contributed by atoms with E-state index >= 15 is 0 Å². The topological polar surface area (TPSA) is 52.7 Å². The van der Waals surface area contributed by atoms with E-state index in [1.807, 2.05) is 32.2 Å². The second-order valence-corrected chi connectivity index (χ2v) is 7.37. The largest absolute Gasteiger partial charge is 0.351 e. The first-order valence-electron chi connectivity index (χ1n) is 9.11. The molecule has 2 heterocycles. The summed E-state index contributed by atoms with van der Waals surface area (Å²) in [6.07, 6.45) is 1.23. The predicted molar refractivity (Wildman–Crippen MR) is 101 cm³/mol. The minimum Gasteiger partial charge on any atom is -0.351 e. The van der Waals surface area contributed by atoms with Crippen LogP contribution in [0.25, 0.3) is 0 Å². The summed E-state index contributed by atoms with van der Waals surface area (Å²) < 4.78 is 13.4. The Morgan fingerprint density at radius 2 is 1.89 bits per heavy atom. The Morgan fingerprint density at radius 3 is 2.59 bits per heavy atom. The molecule has 0 aliphatic carbocycles. The third-order valence-electron chi connectivity index (χ3n) is 5.70. The summed E-state index contributed by atoms with van der Waals surface area (Å²) in [6.45, 7) is 2.97. The number of rotatable bonds is 1. The molecule has 0 radical (unpaired) electrons. The van der Waals surface area contributed by atoms with E-state index in [0.717, 1.165) is 11.3 Å². The lowest BCUT2D eigenvalue weighted by atomic mass is 9.90. The number of carbonyl (C=O) groups is 2. The molecule has 4 rings (SSSR count). The molecule has 1 fully saturated rings. The molecule has 140 valence electrons. The highest BCUT2D eigenvalue weighted by Crippen LogP contribution is 2.36. The van der Waals surface area contributed by atoms with Gasteiger partial charge in [0.2, 0.25) is 0 Å². The molecule has 2 aromatic rings. The quantitative estimate of drug-likeness (QED) is 0.843. The van der Waals surface area contributed by atoms with E-state index in [1.54, 1.807) is 17.0 Å². The smallest absolute Gasteiger partial charge is 0.255 e. The van der Waals surface area contributed by atoms with E-state index < -0.39 is 11.5 Å². The number of fused-ring (bicyclic) bond motifs is 1. The lowest BCUT2D eigenvalue weighted by Crippen LogP contribution is -2.67. The zero-order valence-electron chi connectivity index (χ0n) is 15.5. The van der Waals surface area contributed by atoms with E-state index in [9.17, 15) is 14.0 Å². The van der Waals surface area contributed by atoms with Crippen molar-refractivity contribution in [1.82, 2.24) is 10.2 Å². The van der Waals surface area contributed by atoms with Crippen molar-refractivity contribution >= 4 is 17.5 Å². The number of nitrogens with one attached hydrogen (secondary N) is 1. The maximum atomic E-state index is 13.4. The Labute approximate surface area is 157 Å². The van der Waals surface area contributed by atoms with Gasteiger partial charge in [-0.1, -0.05) is 17.7 Å². The first-order valence-corrected chi connectivity index (χ1v) is 9.11. The molecule has 2 aliphatic heterocycles. The zero-order valence-corrected chi connectivity index (χ0v) is 15.5. The zero-order chi connectivity index (χ0) is 19.2. The second-order valence-electron chi connectivity index (χ2n) is 7.37. The molecule has 0 aromatic heterocycles. The van der Waals surface area contributed by atoms with Gasteiger partial charge in [0.25, 0.3) is 11.8 Å². The number of amides is 2. The van der Waals surface area contributed by atoms with Crippen LogP contribution in [0.4, 0.5) is 10.1 Å². The number of hydrogen-bond donors (Lipinski definition) is 1. The Hall–Kier alpha value is -2.89.